The van der Waals surface area contributed by atoms with Crippen LogP contribution >= 0.6 is 0 Å². The highest BCUT2D eigenvalue weighted by Gasteiger charge is 2.46. The van der Waals surface area contributed by atoms with Crippen molar-refractivity contribution in [1.82, 2.24) is 0 Å². The van der Waals surface area contributed by atoms with Crippen LogP contribution in [0.4, 0.5) is 5.69 Å². The lowest BCUT2D eigenvalue weighted by Gasteiger charge is -2.17. The lowest BCUT2D eigenvalue weighted by molar-refractivity contribution is -0.148. The molecule has 0 bridgehead atoms. The van der Waals surface area contributed by atoms with Crippen LogP contribution in [0.1, 0.15) is 11.5 Å². The lowest BCUT2D eigenvalue weighted by atomic mass is 9.89. The van der Waals surface area contributed by atoms with Gasteiger partial charge in [0, 0.05) is 18.2 Å². The molecule has 2 aromatic rings. The number of carbonyl (C=O) groups is 2. The Morgan fingerprint density at radius 2 is 1.71 bits per heavy atom. The van der Waals surface area contributed by atoms with Crippen molar-refractivity contribution in [3.63, 3.8) is 0 Å². The van der Waals surface area contributed by atoms with Crippen LogP contribution in [0.2, 0.25) is 0 Å². The number of nitrogens with zero attached hydrogens (tertiary/aromatic N) is 1. The van der Waals surface area contributed by atoms with Gasteiger partial charge in [0.15, 0.2) is 0 Å². The normalized spacial score (nSPS) is 20.1. The zero-order chi connectivity index (χ0) is 17.1. The Kier molecular flexibility index (Phi) is 4.51. The number of benzene rings is 2. The zero-order valence-electron chi connectivity index (χ0n) is 13.6. The predicted molar refractivity (Wildman–Crippen MR) is 90.0 cm³/mol. The van der Waals surface area contributed by atoms with E-state index in [0.29, 0.717) is 6.54 Å². The molecule has 1 aliphatic rings. The molecule has 124 valence electrons. The number of methoxy groups -OCH3 is 2. The minimum atomic E-state index is -0.820. The summed E-state index contributed by atoms with van der Waals surface area (Å²) in [5, 5.41) is 0. The molecule has 1 amide bonds. The van der Waals surface area contributed by atoms with Gasteiger partial charge in [0.1, 0.15) is 11.7 Å². The first kappa shape index (κ1) is 16.1. The predicted octanol–water partition coefficient (Wildman–Crippen LogP) is 2.61. The quantitative estimate of drug-likeness (QED) is 0.640. The molecule has 2 atom stereocenters. The van der Waals surface area contributed by atoms with Crippen LogP contribution < -0.4 is 9.64 Å². The summed E-state index contributed by atoms with van der Waals surface area (Å²) in [5.41, 5.74) is 1.70. The maximum Gasteiger partial charge on any atom is 0.318 e. The SMILES string of the molecule is COC(=O)[C@@H]1C(=O)N(c2ccc(OC)cc2)C[C@H]1c1ccccc1. The molecule has 0 aromatic heterocycles. The molecular weight excluding hydrogens is 306 g/mol. The molecule has 0 aliphatic carbocycles. The van der Waals surface area contributed by atoms with Gasteiger partial charge in [-0.2, -0.15) is 0 Å². The van der Waals surface area contributed by atoms with Gasteiger partial charge in [-0.1, -0.05) is 30.3 Å². The summed E-state index contributed by atoms with van der Waals surface area (Å²) in [5.74, 6) is -1.06. The smallest absolute Gasteiger partial charge is 0.318 e. The van der Waals surface area contributed by atoms with Gasteiger partial charge in [0.2, 0.25) is 5.91 Å². The fourth-order valence-electron chi connectivity index (χ4n) is 3.12. The molecule has 0 unspecified atom stereocenters. The second-order valence-electron chi connectivity index (χ2n) is 5.66. The van der Waals surface area contributed by atoms with E-state index < -0.39 is 11.9 Å². The average Bonchev–Trinajstić information content (AvgIpc) is 2.99. The standard InChI is InChI=1S/C19H19NO4/c1-23-15-10-8-14(9-11-15)20-12-16(13-6-4-3-5-7-13)17(18(20)21)19(22)24-2/h3-11,16-17H,12H2,1-2H3/t16-,17-/m0/s1. The molecule has 0 radical (unpaired) electrons. The second-order valence-corrected chi connectivity index (χ2v) is 5.66. The van der Waals surface area contributed by atoms with E-state index in [2.05, 4.69) is 0 Å². The summed E-state index contributed by atoms with van der Waals surface area (Å²) in [7, 11) is 2.91. The molecule has 1 aliphatic heterocycles. The second kappa shape index (κ2) is 6.74. The van der Waals surface area contributed by atoms with E-state index in [1.54, 1.807) is 24.1 Å². The molecule has 5 heteroatoms. The molecule has 3 rings (SSSR count). The Morgan fingerprint density at radius 3 is 2.29 bits per heavy atom. The molecule has 0 spiro atoms. The van der Waals surface area contributed by atoms with Gasteiger partial charge in [-0.3, -0.25) is 9.59 Å². The minimum absolute atomic E-state index is 0.228. The average molecular weight is 325 g/mol. The fourth-order valence-corrected chi connectivity index (χ4v) is 3.12. The van der Waals surface area contributed by atoms with Crippen LogP contribution in [0.5, 0.6) is 5.75 Å². The van der Waals surface area contributed by atoms with E-state index in [1.165, 1.54) is 7.11 Å². The Labute approximate surface area is 140 Å². The Hall–Kier alpha value is -2.82. The Bertz CT molecular complexity index is 727. The van der Waals surface area contributed by atoms with Gasteiger partial charge in [-0.15, -0.1) is 0 Å². The molecule has 1 saturated heterocycles. The summed E-state index contributed by atoms with van der Waals surface area (Å²) in [4.78, 5) is 26.7. The van der Waals surface area contributed by atoms with Crippen molar-refractivity contribution >= 4 is 17.6 Å². The van der Waals surface area contributed by atoms with Crippen molar-refractivity contribution in [2.24, 2.45) is 5.92 Å². The highest BCUT2D eigenvalue weighted by Crippen LogP contribution is 2.37. The first-order valence-corrected chi connectivity index (χ1v) is 7.74. The number of anilines is 1. The van der Waals surface area contributed by atoms with Crippen LogP contribution in [-0.2, 0) is 14.3 Å². The van der Waals surface area contributed by atoms with Crippen molar-refractivity contribution in [2.45, 2.75) is 5.92 Å². The third-order valence-electron chi connectivity index (χ3n) is 4.38. The number of carbonyl (C=O) groups excluding carboxylic acids is 2. The first-order valence-electron chi connectivity index (χ1n) is 7.74. The van der Waals surface area contributed by atoms with Crippen molar-refractivity contribution in [3.8, 4) is 5.75 Å². The van der Waals surface area contributed by atoms with E-state index in [0.717, 1.165) is 17.0 Å². The topological polar surface area (TPSA) is 55.8 Å². The summed E-state index contributed by atoms with van der Waals surface area (Å²) < 4.78 is 10.0. The first-order chi connectivity index (χ1) is 11.7. The number of esters is 1. The van der Waals surface area contributed by atoms with Crippen LogP contribution in [0.3, 0.4) is 0 Å². The third kappa shape index (κ3) is 2.85. The number of hydrogen-bond donors (Lipinski definition) is 0. The van der Waals surface area contributed by atoms with E-state index in [-0.39, 0.29) is 11.8 Å². The van der Waals surface area contributed by atoms with E-state index >= 15 is 0 Å². The largest absolute Gasteiger partial charge is 0.497 e. The maximum atomic E-state index is 12.8. The van der Waals surface area contributed by atoms with E-state index in [1.807, 2.05) is 42.5 Å². The van der Waals surface area contributed by atoms with Gasteiger partial charge in [0.05, 0.1) is 14.2 Å². The highest BCUT2D eigenvalue weighted by atomic mass is 16.5. The van der Waals surface area contributed by atoms with Crippen LogP contribution in [0, 0.1) is 5.92 Å². The lowest BCUT2D eigenvalue weighted by Crippen LogP contribution is -2.31. The van der Waals surface area contributed by atoms with E-state index in [4.69, 9.17) is 9.47 Å². The Balaban J connectivity index is 1.95. The Morgan fingerprint density at radius 1 is 1.04 bits per heavy atom. The minimum Gasteiger partial charge on any atom is -0.497 e. The van der Waals surface area contributed by atoms with Crippen LogP contribution in [0.25, 0.3) is 0 Å². The van der Waals surface area contributed by atoms with Crippen molar-refractivity contribution in [2.75, 3.05) is 25.7 Å². The molecule has 0 saturated carbocycles. The molecule has 5 nitrogen and oxygen atoms in total. The summed E-state index contributed by atoms with van der Waals surface area (Å²) in [6.07, 6.45) is 0. The molecular formula is C19H19NO4. The summed E-state index contributed by atoms with van der Waals surface area (Å²) in [6, 6.07) is 16.8. The van der Waals surface area contributed by atoms with Crippen LogP contribution in [0.15, 0.2) is 54.6 Å². The van der Waals surface area contributed by atoms with Gasteiger partial charge >= 0.3 is 5.97 Å². The monoisotopic (exact) mass is 325 g/mol. The molecule has 2 aromatic carbocycles. The number of amides is 1. The van der Waals surface area contributed by atoms with Crippen molar-refractivity contribution in [3.05, 3.63) is 60.2 Å². The highest BCUT2D eigenvalue weighted by molar-refractivity contribution is 6.09. The van der Waals surface area contributed by atoms with Gasteiger partial charge in [0.25, 0.3) is 0 Å². The molecule has 1 heterocycles. The van der Waals surface area contributed by atoms with Crippen LogP contribution in [-0.4, -0.2) is 32.6 Å². The number of rotatable bonds is 4. The number of ether oxygens (including phenoxy) is 2. The molecule has 0 N–H and O–H groups in total. The summed E-state index contributed by atoms with van der Waals surface area (Å²) in [6.45, 7) is 0.439. The number of hydrogen-bond acceptors (Lipinski definition) is 4. The summed E-state index contributed by atoms with van der Waals surface area (Å²) >= 11 is 0. The maximum absolute atomic E-state index is 12.8. The zero-order valence-corrected chi connectivity index (χ0v) is 13.6. The fraction of sp³-hybridized carbons (Fsp3) is 0.263. The molecule has 24 heavy (non-hydrogen) atoms. The third-order valence-corrected chi connectivity index (χ3v) is 4.38. The molecule has 1 fully saturated rings. The van der Waals surface area contributed by atoms with Gasteiger partial charge < -0.3 is 14.4 Å². The van der Waals surface area contributed by atoms with E-state index in [9.17, 15) is 9.59 Å². The van der Waals surface area contributed by atoms with Crippen molar-refractivity contribution in [1.29, 1.82) is 0 Å². The van der Waals surface area contributed by atoms with Gasteiger partial charge in [-0.25, -0.2) is 0 Å². The van der Waals surface area contributed by atoms with Gasteiger partial charge in [-0.05, 0) is 29.8 Å². The van der Waals surface area contributed by atoms with Crippen molar-refractivity contribution < 1.29 is 19.1 Å².